The van der Waals surface area contributed by atoms with Crippen molar-refractivity contribution < 1.29 is 29.2 Å². The van der Waals surface area contributed by atoms with E-state index in [4.69, 9.17) is 14.2 Å². The molecule has 4 atom stereocenters. The first kappa shape index (κ1) is 26.9. The molecule has 1 aromatic carbocycles. The lowest BCUT2D eigenvalue weighted by Gasteiger charge is -2.23. The third-order valence-electron chi connectivity index (χ3n) is 7.22. The molecule has 208 valence electrons. The number of aromatic nitrogens is 4. The van der Waals surface area contributed by atoms with Crippen LogP contribution in [0.1, 0.15) is 48.7 Å². The fourth-order valence-electron chi connectivity index (χ4n) is 5.10. The Labute approximate surface area is 226 Å². The summed E-state index contributed by atoms with van der Waals surface area (Å²) in [7, 11) is 2.99. The number of hydrogen-bond donors (Lipinski definition) is 4. The summed E-state index contributed by atoms with van der Waals surface area (Å²) >= 11 is 0. The predicted octanol–water partition coefficient (Wildman–Crippen LogP) is 2.20. The number of anilines is 1. The second-order valence-corrected chi connectivity index (χ2v) is 9.67. The summed E-state index contributed by atoms with van der Waals surface area (Å²) < 4.78 is 18.2. The highest BCUT2D eigenvalue weighted by molar-refractivity contribution is 5.95. The molecule has 1 amide bonds. The van der Waals surface area contributed by atoms with Crippen molar-refractivity contribution in [1.82, 2.24) is 24.8 Å². The zero-order chi connectivity index (χ0) is 27.4. The fourth-order valence-corrected chi connectivity index (χ4v) is 5.10. The van der Waals surface area contributed by atoms with Crippen molar-refractivity contribution in [3.05, 3.63) is 48.1 Å². The number of fused-ring (bicyclic) bond motifs is 1. The van der Waals surface area contributed by atoms with Crippen molar-refractivity contribution in [2.75, 3.05) is 32.7 Å². The zero-order valence-corrected chi connectivity index (χ0v) is 22.0. The number of aliphatic hydroxyl groups is 2. The normalized spacial score (nSPS) is 22.9. The van der Waals surface area contributed by atoms with Gasteiger partial charge in [0.1, 0.15) is 36.1 Å². The van der Waals surface area contributed by atoms with Crippen LogP contribution in [0.5, 0.6) is 11.5 Å². The second kappa shape index (κ2) is 12.0. The maximum atomic E-state index is 13.2. The SMILES string of the molecule is COc1cc(OC)cc(C(=O)N[C@@H]2[C@H](O)[C@@H](CO)O[C@H]2n2cnc3c(NCCC4=CCCCC4)ncnc32)c1. The van der Waals surface area contributed by atoms with Gasteiger partial charge in [-0.2, -0.15) is 0 Å². The van der Waals surface area contributed by atoms with E-state index in [1.54, 1.807) is 29.1 Å². The zero-order valence-electron chi connectivity index (χ0n) is 22.0. The first-order valence-corrected chi connectivity index (χ1v) is 13.1. The molecule has 5 rings (SSSR count). The molecule has 1 aliphatic heterocycles. The molecule has 39 heavy (non-hydrogen) atoms. The number of imidazole rings is 1. The average molecular weight is 539 g/mol. The Bertz CT molecular complexity index is 1320. The van der Waals surface area contributed by atoms with Crippen molar-refractivity contribution in [3.63, 3.8) is 0 Å². The molecule has 0 spiro atoms. The van der Waals surface area contributed by atoms with Crippen LogP contribution in [0.2, 0.25) is 0 Å². The van der Waals surface area contributed by atoms with Gasteiger partial charge in [-0.3, -0.25) is 9.36 Å². The Balaban J connectivity index is 1.38. The monoisotopic (exact) mass is 538 g/mol. The van der Waals surface area contributed by atoms with Gasteiger partial charge in [-0.25, -0.2) is 15.0 Å². The highest BCUT2D eigenvalue weighted by Crippen LogP contribution is 2.33. The summed E-state index contributed by atoms with van der Waals surface area (Å²) in [6, 6.07) is 3.89. The highest BCUT2D eigenvalue weighted by Gasteiger charge is 2.46. The predicted molar refractivity (Wildman–Crippen MR) is 143 cm³/mol. The lowest BCUT2D eigenvalue weighted by Crippen LogP contribution is -2.46. The molecule has 3 heterocycles. The molecular formula is C27H34N6O6. The summed E-state index contributed by atoms with van der Waals surface area (Å²) in [6.45, 7) is 0.292. The van der Waals surface area contributed by atoms with Crippen molar-refractivity contribution in [2.24, 2.45) is 0 Å². The Kier molecular flexibility index (Phi) is 8.24. The lowest BCUT2D eigenvalue weighted by atomic mass is 9.97. The van der Waals surface area contributed by atoms with Gasteiger partial charge >= 0.3 is 0 Å². The molecule has 0 bridgehead atoms. The third-order valence-corrected chi connectivity index (χ3v) is 7.22. The number of benzene rings is 1. The number of nitrogens with one attached hydrogen (secondary N) is 2. The molecule has 1 fully saturated rings. The number of hydrogen-bond acceptors (Lipinski definition) is 10. The molecule has 2 aromatic heterocycles. The summed E-state index contributed by atoms with van der Waals surface area (Å²) in [4.78, 5) is 26.5. The molecule has 12 nitrogen and oxygen atoms in total. The molecule has 2 aliphatic rings. The Morgan fingerprint density at radius 2 is 1.95 bits per heavy atom. The van der Waals surface area contributed by atoms with Gasteiger partial charge in [0.2, 0.25) is 0 Å². The van der Waals surface area contributed by atoms with Gasteiger partial charge in [0, 0.05) is 18.2 Å². The van der Waals surface area contributed by atoms with E-state index in [1.165, 1.54) is 39.0 Å². The number of rotatable bonds is 10. The van der Waals surface area contributed by atoms with E-state index in [0.29, 0.717) is 28.5 Å². The molecule has 3 aromatic rings. The molecule has 12 heteroatoms. The van der Waals surface area contributed by atoms with Crippen LogP contribution in [0.15, 0.2) is 42.5 Å². The summed E-state index contributed by atoms with van der Waals surface area (Å²) in [5.74, 6) is 1.02. The van der Waals surface area contributed by atoms with Crippen LogP contribution >= 0.6 is 0 Å². The Hall–Kier alpha value is -3.74. The Morgan fingerprint density at radius 1 is 1.15 bits per heavy atom. The standard InChI is InChI=1S/C27H34N6O6/c1-37-18-10-17(11-19(12-18)38-2)26(36)32-21-23(35)20(13-34)39-27(21)33-15-31-22-24(29-14-30-25(22)33)28-9-8-16-6-4-3-5-7-16/h6,10-12,14-15,20-21,23,27,34-35H,3-5,7-9,13H2,1-2H3,(H,32,36)(H,28,29,30)/t20-,21-,23-,27-/m1/s1. The molecule has 1 aliphatic carbocycles. The van der Waals surface area contributed by atoms with Gasteiger partial charge in [0.25, 0.3) is 5.91 Å². The number of amides is 1. The van der Waals surface area contributed by atoms with E-state index < -0.39 is 37.0 Å². The molecule has 0 radical (unpaired) electrons. The van der Waals surface area contributed by atoms with Crippen LogP contribution in [0, 0.1) is 0 Å². The number of nitrogens with zero attached hydrogens (tertiary/aromatic N) is 4. The molecule has 4 N–H and O–H groups in total. The topological polar surface area (TPSA) is 153 Å². The van der Waals surface area contributed by atoms with E-state index >= 15 is 0 Å². The number of ether oxygens (including phenoxy) is 3. The van der Waals surface area contributed by atoms with Gasteiger partial charge in [-0.15, -0.1) is 0 Å². The van der Waals surface area contributed by atoms with E-state index in [1.807, 2.05) is 0 Å². The van der Waals surface area contributed by atoms with E-state index in [2.05, 4.69) is 31.7 Å². The van der Waals surface area contributed by atoms with Crippen molar-refractivity contribution in [2.45, 2.75) is 56.6 Å². The summed E-state index contributed by atoms with van der Waals surface area (Å²) in [5, 5.41) is 27.0. The van der Waals surface area contributed by atoms with Crippen LogP contribution < -0.4 is 20.1 Å². The number of methoxy groups -OCH3 is 2. The largest absolute Gasteiger partial charge is 0.497 e. The van der Waals surface area contributed by atoms with Crippen LogP contribution in [-0.2, 0) is 4.74 Å². The number of carbonyl (C=O) groups excluding carboxylic acids is 1. The Morgan fingerprint density at radius 3 is 2.64 bits per heavy atom. The average Bonchev–Trinajstić information content (AvgIpc) is 3.54. The quantitative estimate of drug-likeness (QED) is 0.283. The van der Waals surface area contributed by atoms with Crippen LogP contribution in [0.25, 0.3) is 11.2 Å². The number of carbonyl (C=O) groups is 1. The molecule has 0 unspecified atom stereocenters. The number of aliphatic hydroxyl groups excluding tert-OH is 2. The van der Waals surface area contributed by atoms with Crippen molar-refractivity contribution in [3.8, 4) is 11.5 Å². The lowest BCUT2D eigenvalue weighted by molar-refractivity contribution is -0.0440. The van der Waals surface area contributed by atoms with E-state index in [0.717, 1.165) is 25.8 Å². The summed E-state index contributed by atoms with van der Waals surface area (Å²) in [6.07, 6.45) is 8.03. The van der Waals surface area contributed by atoms with Crippen LogP contribution in [0.4, 0.5) is 5.82 Å². The molecule has 1 saturated heterocycles. The van der Waals surface area contributed by atoms with Gasteiger partial charge in [0.15, 0.2) is 23.2 Å². The van der Waals surface area contributed by atoms with Crippen molar-refractivity contribution in [1.29, 1.82) is 0 Å². The van der Waals surface area contributed by atoms with Crippen molar-refractivity contribution >= 4 is 22.9 Å². The third kappa shape index (κ3) is 5.68. The first-order valence-electron chi connectivity index (χ1n) is 13.1. The van der Waals surface area contributed by atoms with Gasteiger partial charge < -0.3 is 35.1 Å². The summed E-state index contributed by atoms with van der Waals surface area (Å²) in [5.41, 5.74) is 2.76. The maximum absolute atomic E-state index is 13.2. The van der Waals surface area contributed by atoms with E-state index in [9.17, 15) is 15.0 Å². The highest BCUT2D eigenvalue weighted by atomic mass is 16.5. The van der Waals surface area contributed by atoms with Crippen LogP contribution in [-0.4, -0.2) is 81.3 Å². The van der Waals surface area contributed by atoms with Gasteiger partial charge in [-0.05, 0) is 44.2 Å². The minimum Gasteiger partial charge on any atom is -0.497 e. The first-order chi connectivity index (χ1) is 19.0. The van der Waals surface area contributed by atoms with Gasteiger partial charge in [-0.1, -0.05) is 11.6 Å². The number of allylic oxidation sites excluding steroid dienone is 1. The minimum absolute atomic E-state index is 0.280. The molecular weight excluding hydrogens is 504 g/mol. The van der Waals surface area contributed by atoms with Gasteiger partial charge in [0.05, 0.1) is 27.2 Å². The smallest absolute Gasteiger partial charge is 0.252 e. The maximum Gasteiger partial charge on any atom is 0.252 e. The van der Waals surface area contributed by atoms with Crippen LogP contribution in [0.3, 0.4) is 0 Å². The molecule has 0 saturated carbocycles. The van der Waals surface area contributed by atoms with E-state index in [-0.39, 0.29) is 5.56 Å². The second-order valence-electron chi connectivity index (χ2n) is 9.67. The minimum atomic E-state index is -1.18. The fraction of sp³-hybridized carbons (Fsp3) is 0.481.